The molecule has 0 saturated carbocycles. The van der Waals surface area contributed by atoms with Gasteiger partial charge in [0.1, 0.15) is 5.60 Å². The maximum Gasteiger partial charge on any atom is 0.333 e. The normalized spacial score (nSPS) is 12.9. The van der Waals surface area contributed by atoms with Crippen molar-refractivity contribution in [3.63, 3.8) is 0 Å². The number of carbonyl (C=O) groups is 1. The first-order valence-electron chi connectivity index (χ1n) is 3.97. The first-order chi connectivity index (χ1) is 5.37. The van der Waals surface area contributed by atoms with E-state index in [1.54, 1.807) is 13.0 Å². The summed E-state index contributed by atoms with van der Waals surface area (Å²) < 4.78 is 5.09. The molecule has 0 spiro atoms. The minimum atomic E-state index is -0.430. The molecule has 0 aliphatic carbocycles. The average molecular weight is 171 g/mol. The zero-order valence-electron chi connectivity index (χ0n) is 8.18. The van der Waals surface area contributed by atoms with Gasteiger partial charge in [0.25, 0.3) is 0 Å². The molecule has 3 heteroatoms. The molecule has 12 heavy (non-hydrogen) atoms. The number of ether oxygens (including phenoxy) is 1. The van der Waals surface area contributed by atoms with Crippen molar-refractivity contribution in [1.29, 1.82) is 0 Å². The lowest BCUT2D eigenvalue weighted by molar-refractivity contribution is -0.149. The maximum atomic E-state index is 11.2. The lowest BCUT2D eigenvalue weighted by Crippen LogP contribution is -2.24. The molecule has 0 saturated heterocycles. The fourth-order valence-electron chi connectivity index (χ4n) is 0.619. The zero-order chi connectivity index (χ0) is 9.78. The Hall–Kier alpha value is -0.830. The molecule has 0 radical (unpaired) electrons. The Morgan fingerprint density at radius 3 is 2.33 bits per heavy atom. The van der Waals surface area contributed by atoms with E-state index in [1.165, 1.54) is 0 Å². The molecule has 0 fully saturated rings. The van der Waals surface area contributed by atoms with E-state index in [9.17, 15) is 4.79 Å². The molecule has 0 rings (SSSR count). The molecule has 3 nitrogen and oxygen atoms in total. The second-order valence-electron chi connectivity index (χ2n) is 3.62. The minimum absolute atomic E-state index is 0.298. The predicted molar refractivity (Wildman–Crippen MR) is 48.7 cm³/mol. The number of rotatable bonds is 2. The number of hydrogen-bond donors (Lipinski definition) is 1. The highest BCUT2D eigenvalue weighted by molar-refractivity contribution is 5.88. The van der Waals surface area contributed by atoms with Crippen molar-refractivity contribution in [2.24, 2.45) is 5.73 Å². The lowest BCUT2D eigenvalue weighted by Gasteiger charge is -2.19. The van der Waals surface area contributed by atoms with Crippen LogP contribution in [0.1, 0.15) is 27.7 Å². The van der Waals surface area contributed by atoms with Crippen LogP contribution in [0.5, 0.6) is 0 Å². The first-order valence-corrected chi connectivity index (χ1v) is 3.97. The SMILES string of the molecule is CC(=CCN)C(=O)OC(C)(C)C. The van der Waals surface area contributed by atoms with Crippen LogP contribution in [0.15, 0.2) is 11.6 Å². The largest absolute Gasteiger partial charge is 0.457 e. The number of carbonyl (C=O) groups excluding carboxylic acids is 1. The summed E-state index contributed by atoms with van der Waals surface area (Å²) in [7, 11) is 0. The van der Waals surface area contributed by atoms with Crippen molar-refractivity contribution in [1.82, 2.24) is 0 Å². The molecule has 0 bridgehead atoms. The Morgan fingerprint density at radius 2 is 2.00 bits per heavy atom. The Labute approximate surface area is 73.6 Å². The molecule has 0 amide bonds. The summed E-state index contributed by atoms with van der Waals surface area (Å²) in [6, 6.07) is 0. The summed E-state index contributed by atoms with van der Waals surface area (Å²) in [4.78, 5) is 11.2. The van der Waals surface area contributed by atoms with Gasteiger partial charge in [-0.2, -0.15) is 0 Å². The molecule has 0 aromatic carbocycles. The first kappa shape index (κ1) is 11.2. The third-order valence-electron chi connectivity index (χ3n) is 1.14. The van der Waals surface area contributed by atoms with Crippen LogP contribution in [0.3, 0.4) is 0 Å². The van der Waals surface area contributed by atoms with E-state index < -0.39 is 5.60 Å². The van der Waals surface area contributed by atoms with E-state index in [4.69, 9.17) is 10.5 Å². The van der Waals surface area contributed by atoms with Gasteiger partial charge in [-0.25, -0.2) is 4.79 Å². The van der Waals surface area contributed by atoms with Gasteiger partial charge in [0.15, 0.2) is 0 Å². The fourth-order valence-corrected chi connectivity index (χ4v) is 0.619. The summed E-state index contributed by atoms with van der Waals surface area (Å²) in [5.41, 5.74) is 5.38. The molecule has 0 atom stereocenters. The molecule has 0 aromatic heterocycles. The maximum absolute atomic E-state index is 11.2. The van der Waals surface area contributed by atoms with Crippen LogP contribution in [0.2, 0.25) is 0 Å². The van der Waals surface area contributed by atoms with Crippen LogP contribution in [-0.2, 0) is 9.53 Å². The fraction of sp³-hybridized carbons (Fsp3) is 0.667. The van der Waals surface area contributed by atoms with E-state index >= 15 is 0 Å². The van der Waals surface area contributed by atoms with Crippen molar-refractivity contribution in [3.05, 3.63) is 11.6 Å². The quantitative estimate of drug-likeness (QED) is 0.502. The smallest absolute Gasteiger partial charge is 0.333 e. The van der Waals surface area contributed by atoms with Crippen LogP contribution in [-0.4, -0.2) is 18.1 Å². The van der Waals surface area contributed by atoms with Gasteiger partial charge in [-0.15, -0.1) is 0 Å². The van der Waals surface area contributed by atoms with E-state index in [1.807, 2.05) is 20.8 Å². The van der Waals surface area contributed by atoms with Crippen molar-refractivity contribution in [2.75, 3.05) is 6.54 Å². The molecule has 0 aromatic rings. The van der Waals surface area contributed by atoms with Gasteiger partial charge < -0.3 is 10.5 Å². The molecule has 2 N–H and O–H groups in total. The van der Waals surface area contributed by atoms with Crippen molar-refractivity contribution in [2.45, 2.75) is 33.3 Å². The Balaban J connectivity index is 4.15. The molecule has 0 aliphatic heterocycles. The van der Waals surface area contributed by atoms with E-state index in [0.717, 1.165) is 0 Å². The second kappa shape index (κ2) is 4.26. The highest BCUT2D eigenvalue weighted by Gasteiger charge is 2.16. The van der Waals surface area contributed by atoms with Crippen molar-refractivity contribution < 1.29 is 9.53 Å². The minimum Gasteiger partial charge on any atom is -0.457 e. The molecular weight excluding hydrogens is 154 g/mol. The van der Waals surface area contributed by atoms with E-state index in [-0.39, 0.29) is 5.97 Å². The molecule has 0 aliphatic rings. The highest BCUT2D eigenvalue weighted by Crippen LogP contribution is 2.09. The predicted octanol–water partition coefficient (Wildman–Crippen LogP) is 1.23. The summed E-state index contributed by atoms with van der Waals surface area (Å²) >= 11 is 0. The van der Waals surface area contributed by atoms with Crippen LogP contribution in [0.25, 0.3) is 0 Å². The Bertz CT molecular complexity index is 189. The average Bonchev–Trinajstić information content (AvgIpc) is 1.84. The summed E-state index contributed by atoms with van der Waals surface area (Å²) in [6.07, 6.45) is 1.65. The third-order valence-corrected chi connectivity index (χ3v) is 1.14. The monoisotopic (exact) mass is 171 g/mol. The Morgan fingerprint density at radius 1 is 1.50 bits per heavy atom. The van der Waals surface area contributed by atoms with Gasteiger partial charge in [0.05, 0.1) is 0 Å². The standard InChI is InChI=1S/C9H17NO2/c1-7(5-6-10)8(11)12-9(2,3)4/h5H,6,10H2,1-4H3. The van der Waals surface area contributed by atoms with Crippen LogP contribution >= 0.6 is 0 Å². The third kappa shape index (κ3) is 4.91. The van der Waals surface area contributed by atoms with Crippen molar-refractivity contribution >= 4 is 5.97 Å². The zero-order valence-corrected chi connectivity index (χ0v) is 8.18. The van der Waals surface area contributed by atoms with Crippen molar-refractivity contribution in [3.8, 4) is 0 Å². The number of esters is 1. The van der Waals surface area contributed by atoms with Crippen LogP contribution in [0.4, 0.5) is 0 Å². The lowest BCUT2D eigenvalue weighted by atomic mass is 10.2. The van der Waals surface area contributed by atoms with Crippen LogP contribution < -0.4 is 5.73 Å². The molecule has 0 heterocycles. The molecule has 0 unspecified atom stereocenters. The van der Waals surface area contributed by atoms with E-state index in [2.05, 4.69) is 0 Å². The highest BCUT2D eigenvalue weighted by atomic mass is 16.6. The molecular formula is C9H17NO2. The van der Waals surface area contributed by atoms with Gasteiger partial charge in [0.2, 0.25) is 0 Å². The molecule has 70 valence electrons. The summed E-state index contributed by atoms with van der Waals surface area (Å²) in [5.74, 6) is -0.298. The van der Waals surface area contributed by atoms with Gasteiger partial charge >= 0.3 is 5.97 Å². The van der Waals surface area contributed by atoms with Gasteiger partial charge in [0, 0.05) is 12.1 Å². The summed E-state index contributed by atoms with van der Waals surface area (Å²) in [5, 5.41) is 0. The number of nitrogens with two attached hydrogens (primary N) is 1. The number of hydrogen-bond acceptors (Lipinski definition) is 3. The van der Waals surface area contributed by atoms with Gasteiger partial charge in [-0.05, 0) is 27.7 Å². The van der Waals surface area contributed by atoms with Gasteiger partial charge in [-0.3, -0.25) is 0 Å². The topological polar surface area (TPSA) is 52.3 Å². The van der Waals surface area contributed by atoms with E-state index in [0.29, 0.717) is 12.1 Å². The van der Waals surface area contributed by atoms with Gasteiger partial charge in [-0.1, -0.05) is 6.08 Å². The Kier molecular flexibility index (Phi) is 3.96. The summed E-state index contributed by atoms with van der Waals surface area (Å²) in [6.45, 7) is 7.56. The van der Waals surface area contributed by atoms with Crippen LogP contribution in [0, 0.1) is 0 Å². The second-order valence-corrected chi connectivity index (χ2v) is 3.62.